The number of nitrogens with zero attached hydrogens (tertiary/aromatic N) is 4. The number of hydrogen-bond donors (Lipinski definition) is 2. The molecule has 2 aliphatic rings. The third kappa shape index (κ3) is 6.13. The highest BCUT2D eigenvalue weighted by molar-refractivity contribution is 6.01. The Morgan fingerprint density at radius 3 is 2.39 bits per heavy atom. The molecule has 1 aliphatic carbocycles. The molecule has 0 radical (unpaired) electrons. The van der Waals surface area contributed by atoms with Gasteiger partial charge in [0.2, 0.25) is 11.8 Å². The molecule has 1 atom stereocenters. The summed E-state index contributed by atoms with van der Waals surface area (Å²) in [6.07, 6.45) is 4.96. The van der Waals surface area contributed by atoms with E-state index in [0.29, 0.717) is 30.8 Å². The number of aliphatic imine (C=N–C) groups is 1. The smallest absolute Gasteiger partial charge is 0.331 e. The lowest BCUT2D eigenvalue weighted by molar-refractivity contribution is -0.115. The van der Waals surface area contributed by atoms with Crippen molar-refractivity contribution >= 4 is 35.1 Å². The topological polar surface area (TPSA) is 90.2 Å². The average molecular weight is 616 g/mol. The Bertz CT molecular complexity index is 1820. The minimum Gasteiger partial charge on any atom is -0.494 e. The molecule has 1 aromatic heterocycles. The number of anilines is 1. The fourth-order valence-corrected chi connectivity index (χ4v) is 6.64. The van der Waals surface area contributed by atoms with Crippen LogP contribution in [0.3, 0.4) is 0 Å². The molecule has 236 valence electrons. The van der Waals surface area contributed by atoms with Gasteiger partial charge in [-0.2, -0.15) is 0 Å². The quantitative estimate of drug-likeness (QED) is 0.190. The maximum atomic E-state index is 13.8. The molecular weight excluding hydrogens is 574 g/mol. The maximum Gasteiger partial charge on any atom is 0.331 e. The number of carbonyl (C=O) groups excluding carboxylic acids is 2. The van der Waals surface area contributed by atoms with Crippen molar-refractivity contribution in [2.75, 3.05) is 25.5 Å². The van der Waals surface area contributed by atoms with Gasteiger partial charge in [0, 0.05) is 49.1 Å². The first-order valence-corrected chi connectivity index (χ1v) is 16.0. The second-order valence-corrected chi connectivity index (χ2v) is 12.2. The lowest BCUT2D eigenvalue weighted by atomic mass is 9.83. The van der Waals surface area contributed by atoms with Gasteiger partial charge in [0.25, 0.3) is 0 Å². The van der Waals surface area contributed by atoms with E-state index in [-0.39, 0.29) is 30.2 Å². The second kappa shape index (κ2) is 13.2. The van der Waals surface area contributed by atoms with Crippen LogP contribution in [0, 0.1) is 0 Å². The molecule has 0 saturated carbocycles. The molecule has 2 heterocycles. The molecule has 3 aromatic carbocycles. The molecule has 46 heavy (non-hydrogen) atoms. The van der Waals surface area contributed by atoms with Gasteiger partial charge in [-0.1, -0.05) is 54.6 Å². The zero-order valence-electron chi connectivity index (χ0n) is 27.0. The summed E-state index contributed by atoms with van der Waals surface area (Å²) >= 11 is 0. The van der Waals surface area contributed by atoms with Crippen molar-refractivity contribution in [3.05, 3.63) is 107 Å². The summed E-state index contributed by atoms with van der Waals surface area (Å²) in [6, 6.07) is 24.3. The highest BCUT2D eigenvalue weighted by Crippen LogP contribution is 2.47. The molecule has 0 fully saturated rings. The van der Waals surface area contributed by atoms with Crippen LogP contribution in [-0.4, -0.2) is 57.3 Å². The van der Waals surface area contributed by atoms with Gasteiger partial charge in [0.05, 0.1) is 17.8 Å². The van der Waals surface area contributed by atoms with Gasteiger partial charge in [-0.05, 0) is 92.4 Å². The molecule has 2 amide bonds. The van der Waals surface area contributed by atoms with Gasteiger partial charge < -0.3 is 15.3 Å². The first kappa shape index (κ1) is 31.0. The number of aromatic nitrogens is 1. The Kier molecular flexibility index (Phi) is 8.90. The normalized spacial score (nSPS) is 15.5. The van der Waals surface area contributed by atoms with E-state index in [0.717, 1.165) is 46.9 Å². The molecule has 1 aliphatic heterocycles. The summed E-state index contributed by atoms with van der Waals surface area (Å²) in [6.45, 7) is 8.63. The van der Waals surface area contributed by atoms with Crippen LogP contribution in [0.15, 0.2) is 83.9 Å². The fraction of sp³-hybridized carbons (Fsp3) is 0.289. The van der Waals surface area contributed by atoms with Gasteiger partial charge in [-0.25, -0.2) is 9.36 Å². The fourth-order valence-electron chi connectivity index (χ4n) is 6.64. The summed E-state index contributed by atoms with van der Waals surface area (Å²) in [5, 5.41) is 14.7. The summed E-state index contributed by atoms with van der Waals surface area (Å²) in [7, 11) is 2.12. The Labute approximate surface area is 270 Å². The van der Waals surface area contributed by atoms with Crippen LogP contribution in [0.5, 0.6) is 5.88 Å². The van der Waals surface area contributed by atoms with E-state index in [1.54, 1.807) is 4.90 Å². The Morgan fingerprint density at radius 2 is 1.70 bits per heavy atom. The average Bonchev–Trinajstić information content (AvgIpc) is 3.57. The predicted octanol–water partition coefficient (Wildman–Crippen LogP) is 7.59. The molecule has 2 N–H and O–H groups in total. The summed E-state index contributed by atoms with van der Waals surface area (Å²) in [5.74, 6) is -0.297. The van der Waals surface area contributed by atoms with Crippen LogP contribution in [0.2, 0.25) is 0 Å². The van der Waals surface area contributed by atoms with E-state index >= 15 is 0 Å². The van der Waals surface area contributed by atoms with E-state index in [2.05, 4.69) is 59.7 Å². The van der Waals surface area contributed by atoms with Crippen molar-refractivity contribution in [3.63, 3.8) is 0 Å². The highest BCUT2D eigenvalue weighted by Gasteiger charge is 2.34. The molecule has 0 spiro atoms. The lowest BCUT2D eigenvalue weighted by Gasteiger charge is -2.23. The Morgan fingerprint density at radius 1 is 1.00 bits per heavy atom. The molecule has 8 heteroatoms. The number of allylic oxidation sites excluding steroid dienone is 1. The molecule has 0 saturated heterocycles. The monoisotopic (exact) mass is 615 g/mol. The lowest BCUT2D eigenvalue weighted by Crippen LogP contribution is -2.34. The van der Waals surface area contributed by atoms with Crippen LogP contribution in [0.25, 0.3) is 17.2 Å². The second-order valence-electron chi connectivity index (χ2n) is 12.2. The van der Waals surface area contributed by atoms with E-state index < -0.39 is 0 Å². The Hall–Kier alpha value is -4.95. The number of amides is 2. The van der Waals surface area contributed by atoms with Crippen molar-refractivity contribution < 1.29 is 14.7 Å². The van der Waals surface area contributed by atoms with E-state index in [9.17, 15) is 14.7 Å². The van der Waals surface area contributed by atoms with E-state index in [4.69, 9.17) is 4.99 Å². The number of fused-ring (bicyclic) bond motifs is 2. The number of carbonyl (C=O) groups is 2. The number of benzene rings is 3. The van der Waals surface area contributed by atoms with Gasteiger partial charge >= 0.3 is 6.03 Å². The van der Waals surface area contributed by atoms with Crippen molar-refractivity contribution in [2.45, 2.75) is 52.6 Å². The first-order chi connectivity index (χ1) is 22.3. The van der Waals surface area contributed by atoms with Crippen molar-refractivity contribution in [3.8, 4) is 17.0 Å². The number of hydrogen-bond acceptors (Lipinski definition) is 5. The van der Waals surface area contributed by atoms with Gasteiger partial charge in [0.15, 0.2) is 0 Å². The number of rotatable bonds is 9. The predicted molar refractivity (Wildman–Crippen MR) is 185 cm³/mol. The Balaban J connectivity index is 1.34. The SMILES string of the molecule is CCN(CC)C(=O)n1c(O)c(-c2ccc3c(c2)CC(=O)N3)c2c1C=CCC2C(C)=Nc1ccc(CN(C)Cc2ccccc2)cc1. The first-order valence-electron chi connectivity index (χ1n) is 16.0. The van der Waals surface area contributed by atoms with Gasteiger partial charge in [-0.15, -0.1) is 0 Å². The number of aromatic hydroxyl groups is 1. The zero-order chi connectivity index (χ0) is 32.4. The molecule has 8 nitrogen and oxygen atoms in total. The van der Waals surface area contributed by atoms with Gasteiger partial charge in [-0.3, -0.25) is 14.7 Å². The molecule has 4 aromatic rings. The standard InChI is InChI=1S/C38H41N5O3/c1-5-42(6-2)38(46)43-33-14-10-13-31(36(33)35(37(43)45)28-17-20-32-29(21-28)22-34(44)40-32)25(3)39-30-18-15-27(16-19-30)24-41(4)23-26-11-8-7-9-12-26/h7-12,14-21,31,45H,5-6,13,22-24H2,1-4H3,(H,40,44). The van der Waals surface area contributed by atoms with Crippen LogP contribution in [-0.2, 0) is 24.3 Å². The van der Waals surface area contributed by atoms with Crippen LogP contribution in [0.1, 0.15) is 61.1 Å². The van der Waals surface area contributed by atoms with Crippen molar-refractivity contribution in [1.29, 1.82) is 0 Å². The van der Waals surface area contributed by atoms with Crippen LogP contribution < -0.4 is 5.32 Å². The van der Waals surface area contributed by atoms with Crippen molar-refractivity contribution in [2.24, 2.45) is 4.99 Å². The van der Waals surface area contributed by atoms with E-state index in [1.165, 1.54) is 15.7 Å². The molecule has 6 rings (SSSR count). The molecular formula is C38H41N5O3. The van der Waals surface area contributed by atoms with Crippen LogP contribution in [0.4, 0.5) is 16.2 Å². The maximum absolute atomic E-state index is 13.8. The highest BCUT2D eigenvalue weighted by atomic mass is 16.3. The minimum atomic E-state index is -0.268. The largest absolute Gasteiger partial charge is 0.494 e. The van der Waals surface area contributed by atoms with E-state index in [1.807, 2.05) is 63.2 Å². The third-order valence-electron chi connectivity index (χ3n) is 8.96. The van der Waals surface area contributed by atoms with Crippen molar-refractivity contribution in [1.82, 2.24) is 14.4 Å². The summed E-state index contributed by atoms with van der Waals surface area (Å²) in [4.78, 5) is 34.9. The third-order valence-corrected chi connectivity index (χ3v) is 8.96. The summed E-state index contributed by atoms with van der Waals surface area (Å²) in [5.41, 5.74) is 8.82. The minimum absolute atomic E-state index is 0.0506. The van der Waals surface area contributed by atoms with Gasteiger partial charge in [0.1, 0.15) is 0 Å². The molecule has 1 unspecified atom stereocenters. The molecule has 0 bridgehead atoms. The number of nitrogens with one attached hydrogen (secondary N) is 1. The van der Waals surface area contributed by atoms with Crippen LogP contribution >= 0.6 is 0 Å². The zero-order valence-corrected chi connectivity index (χ0v) is 27.0. The summed E-state index contributed by atoms with van der Waals surface area (Å²) < 4.78 is 1.44.